The molecule has 0 aliphatic heterocycles. The Morgan fingerprint density at radius 3 is 2.95 bits per heavy atom. The summed E-state index contributed by atoms with van der Waals surface area (Å²) in [6.07, 6.45) is 13.0. The average molecular weight is 284 g/mol. The molecule has 0 heterocycles. The van der Waals surface area contributed by atoms with Crippen LogP contribution < -0.4 is 0 Å². The largest absolute Gasteiger partial charge is 0.389 e. The van der Waals surface area contributed by atoms with Gasteiger partial charge in [0.1, 0.15) is 0 Å². The number of hydrogen-bond donors (Lipinski definition) is 1. The van der Waals surface area contributed by atoms with Crippen molar-refractivity contribution in [3.05, 3.63) is 35.5 Å². The van der Waals surface area contributed by atoms with Crippen molar-refractivity contribution in [2.24, 2.45) is 22.7 Å². The van der Waals surface area contributed by atoms with Gasteiger partial charge in [-0.2, -0.15) is 0 Å². The van der Waals surface area contributed by atoms with E-state index in [0.717, 1.165) is 19.3 Å². The number of hydrogen-bond acceptors (Lipinski definition) is 2. The van der Waals surface area contributed by atoms with Crippen molar-refractivity contribution in [1.82, 2.24) is 0 Å². The number of allylic oxidation sites excluding steroid dienone is 5. The fourth-order valence-electron chi connectivity index (χ4n) is 5.56. The summed E-state index contributed by atoms with van der Waals surface area (Å²) in [5.74, 6) is 1.39. The molecule has 4 aliphatic rings. The molecule has 0 radical (unpaired) electrons. The van der Waals surface area contributed by atoms with E-state index in [-0.39, 0.29) is 16.9 Å². The van der Waals surface area contributed by atoms with Gasteiger partial charge in [-0.05, 0) is 60.0 Å². The molecule has 21 heavy (non-hydrogen) atoms. The molecule has 0 aromatic rings. The molecule has 5 atom stereocenters. The Balaban J connectivity index is 1.77. The zero-order valence-electron chi connectivity index (χ0n) is 12.9. The van der Waals surface area contributed by atoms with Gasteiger partial charge in [-0.3, -0.25) is 4.79 Å². The minimum atomic E-state index is -0.321. The highest BCUT2D eigenvalue weighted by Gasteiger charge is 2.53. The smallest absolute Gasteiger partial charge is 0.156 e. The summed E-state index contributed by atoms with van der Waals surface area (Å²) >= 11 is 0. The second-order valence-electron chi connectivity index (χ2n) is 8.00. The van der Waals surface area contributed by atoms with Crippen molar-refractivity contribution in [1.29, 1.82) is 0 Å². The van der Waals surface area contributed by atoms with Gasteiger partial charge in [0.2, 0.25) is 0 Å². The first kappa shape index (κ1) is 13.5. The van der Waals surface area contributed by atoms with Crippen LogP contribution in [0.25, 0.3) is 0 Å². The number of carbonyl (C=O) groups is 1. The van der Waals surface area contributed by atoms with E-state index in [1.54, 1.807) is 0 Å². The summed E-state index contributed by atoms with van der Waals surface area (Å²) in [7, 11) is 0. The summed E-state index contributed by atoms with van der Waals surface area (Å²) < 4.78 is 0. The molecule has 1 fully saturated rings. The third kappa shape index (κ3) is 1.78. The van der Waals surface area contributed by atoms with Crippen LogP contribution >= 0.6 is 0 Å². The average Bonchev–Trinajstić information content (AvgIpc) is 2.72. The highest BCUT2D eigenvalue weighted by Crippen LogP contribution is 2.62. The lowest BCUT2D eigenvalue weighted by Gasteiger charge is -2.54. The molecule has 1 N–H and O–H groups in total. The van der Waals surface area contributed by atoms with Gasteiger partial charge in [-0.25, -0.2) is 0 Å². The van der Waals surface area contributed by atoms with Crippen molar-refractivity contribution in [3.8, 4) is 0 Å². The highest BCUT2D eigenvalue weighted by atomic mass is 16.3. The molecule has 4 aliphatic carbocycles. The van der Waals surface area contributed by atoms with Crippen molar-refractivity contribution >= 4 is 5.78 Å². The third-order valence-electron chi connectivity index (χ3n) is 6.67. The Morgan fingerprint density at radius 2 is 2.14 bits per heavy atom. The number of aliphatic hydroxyl groups excluding tert-OH is 1. The number of rotatable bonds is 0. The quantitative estimate of drug-likeness (QED) is 0.738. The van der Waals surface area contributed by atoms with E-state index in [2.05, 4.69) is 26.0 Å². The highest BCUT2D eigenvalue weighted by molar-refractivity contribution is 5.94. The standard InChI is InChI=1S/C19H24O2/c1-18-8-7-16-15(17(18)9-14(21)10-18)6-4-12-3-5-13(20)11-19(12,16)2/h3-5,9,13,15-16,20H,6-8,10-11H2,1-2H3/t13?,15-,16+,18-,19+/m1/s1. The zero-order valence-corrected chi connectivity index (χ0v) is 12.9. The summed E-state index contributed by atoms with van der Waals surface area (Å²) in [6.45, 7) is 4.60. The second kappa shape index (κ2) is 4.19. The van der Waals surface area contributed by atoms with Gasteiger partial charge in [0.25, 0.3) is 0 Å². The Kier molecular flexibility index (Phi) is 2.70. The second-order valence-corrected chi connectivity index (χ2v) is 8.00. The summed E-state index contributed by atoms with van der Waals surface area (Å²) in [4.78, 5) is 12.0. The van der Waals surface area contributed by atoms with Gasteiger partial charge >= 0.3 is 0 Å². The molecule has 2 heteroatoms. The molecule has 2 nitrogen and oxygen atoms in total. The van der Waals surface area contributed by atoms with Gasteiger partial charge in [0, 0.05) is 6.42 Å². The van der Waals surface area contributed by atoms with Crippen LogP contribution in [0.15, 0.2) is 35.5 Å². The van der Waals surface area contributed by atoms with Gasteiger partial charge in [0.05, 0.1) is 6.10 Å². The van der Waals surface area contributed by atoms with Crippen LogP contribution in [0.4, 0.5) is 0 Å². The fourth-order valence-corrected chi connectivity index (χ4v) is 5.56. The van der Waals surface area contributed by atoms with Gasteiger partial charge in [-0.15, -0.1) is 0 Å². The van der Waals surface area contributed by atoms with Crippen LogP contribution in [-0.2, 0) is 4.79 Å². The van der Waals surface area contributed by atoms with E-state index >= 15 is 0 Å². The molecule has 0 aromatic heterocycles. The summed E-state index contributed by atoms with van der Waals surface area (Å²) in [5, 5.41) is 10.1. The van der Waals surface area contributed by atoms with Crippen LogP contribution in [0, 0.1) is 22.7 Å². The van der Waals surface area contributed by atoms with E-state index < -0.39 is 0 Å². The molecule has 0 bridgehead atoms. The summed E-state index contributed by atoms with van der Waals surface area (Å²) in [6, 6.07) is 0. The lowest BCUT2D eigenvalue weighted by molar-refractivity contribution is -0.115. The van der Waals surface area contributed by atoms with Gasteiger partial charge < -0.3 is 5.11 Å². The molecular formula is C19H24O2. The van der Waals surface area contributed by atoms with Crippen molar-refractivity contribution in [3.63, 3.8) is 0 Å². The van der Waals surface area contributed by atoms with Gasteiger partial charge in [-0.1, -0.05) is 37.6 Å². The molecular weight excluding hydrogens is 260 g/mol. The molecule has 0 aromatic carbocycles. The molecule has 1 unspecified atom stereocenters. The summed E-state index contributed by atoms with van der Waals surface area (Å²) in [5.41, 5.74) is 3.00. The predicted octanol–water partition coefficient (Wildman–Crippen LogP) is 3.58. The normalized spacial score (nSPS) is 48.1. The third-order valence-corrected chi connectivity index (χ3v) is 6.67. The van der Waals surface area contributed by atoms with Crippen molar-refractivity contribution in [2.75, 3.05) is 0 Å². The number of aliphatic hydroxyl groups is 1. The fraction of sp³-hybridized carbons (Fsp3) is 0.632. The molecule has 0 spiro atoms. The van der Waals surface area contributed by atoms with Crippen molar-refractivity contribution < 1.29 is 9.90 Å². The minimum Gasteiger partial charge on any atom is -0.389 e. The lowest BCUT2D eigenvalue weighted by Crippen LogP contribution is -2.46. The lowest BCUT2D eigenvalue weighted by atomic mass is 9.50. The number of carbonyl (C=O) groups excluding carboxylic acids is 1. The van der Waals surface area contributed by atoms with E-state index in [0.29, 0.717) is 24.0 Å². The Hall–Kier alpha value is -1.15. The molecule has 4 rings (SSSR count). The Morgan fingerprint density at radius 1 is 1.33 bits per heavy atom. The minimum absolute atomic E-state index is 0.0743. The first-order valence-electron chi connectivity index (χ1n) is 8.24. The first-order chi connectivity index (χ1) is 9.92. The Labute approximate surface area is 126 Å². The number of fused-ring (bicyclic) bond motifs is 5. The van der Waals surface area contributed by atoms with Crippen LogP contribution in [0.1, 0.15) is 46.0 Å². The monoisotopic (exact) mass is 284 g/mol. The van der Waals surface area contributed by atoms with E-state index in [4.69, 9.17) is 0 Å². The van der Waals surface area contributed by atoms with Crippen LogP contribution in [0.2, 0.25) is 0 Å². The predicted molar refractivity (Wildman–Crippen MR) is 82.6 cm³/mol. The first-order valence-corrected chi connectivity index (χ1v) is 8.24. The van der Waals surface area contributed by atoms with E-state index in [9.17, 15) is 9.90 Å². The molecule has 0 saturated heterocycles. The maximum absolute atomic E-state index is 12.0. The SMILES string of the molecule is C[C@]12CC[C@H]3[C@@H](CC=C4C=CC(O)C[C@@]43C)C1=CC(=O)C2. The maximum atomic E-state index is 12.0. The molecule has 0 amide bonds. The zero-order chi connectivity index (χ0) is 14.8. The number of ketones is 1. The Bertz CT molecular complexity index is 597. The molecule has 112 valence electrons. The van der Waals surface area contributed by atoms with Crippen LogP contribution in [-0.4, -0.2) is 17.0 Å². The molecule has 1 saturated carbocycles. The maximum Gasteiger partial charge on any atom is 0.156 e. The van der Waals surface area contributed by atoms with Crippen LogP contribution in [0.3, 0.4) is 0 Å². The van der Waals surface area contributed by atoms with Crippen molar-refractivity contribution in [2.45, 2.75) is 52.1 Å². The topological polar surface area (TPSA) is 37.3 Å². The van der Waals surface area contributed by atoms with E-state index in [1.165, 1.54) is 17.6 Å². The van der Waals surface area contributed by atoms with Gasteiger partial charge in [0.15, 0.2) is 5.78 Å². The van der Waals surface area contributed by atoms with E-state index in [1.807, 2.05) is 12.2 Å². The van der Waals surface area contributed by atoms with Crippen LogP contribution in [0.5, 0.6) is 0 Å².